The molecule has 5 rings (SSSR count). The van der Waals surface area contributed by atoms with Crippen molar-refractivity contribution in [1.29, 1.82) is 5.26 Å². The first-order valence-corrected chi connectivity index (χ1v) is 14.1. The second-order valence-corrected chi connectivity index (χ2v) is 11.3. The van der Waals surface area contributed by atoms with Crippen LogP contribution in [0.1, 0.15) is 36.3 Å². The van der Waals surface area contributed by atoms with Crippen LogP contribution in [0.4, 0.5) is 10.8 Å². The van der Waals surface area contributed by atoms with E-state index < -0.39 is 5.92 Å². The summed E-state index contributed by atoms with van der Waals surface area (Å²) in [5, 5.41) is 22.0. The Bertz CT molecular complexity index is 1540. The first-order valence-electron chi connectivity index (χ1n) is 12.3. The van der Waals surface area contributed by atoms with Gasteiger partial charge in [0.15, 0.2) is 10.1 Å². The highest BCUT2D eigenvalue weighted by molar-refractivity contribution is 8.01. The van der Waals surface area contributed by atoms with Crippen molar-refractivity contribution in [2.24, 2.45) is 5.73 Å². The summed E-state index contributed by atoms with van der Waals surface area (Å²) < 4.78 is 5.85. The lowest BCUT2D eigenvalue weighted by Crippen LogP contribution is -2.38. The number of methoxy groups -OCH3 is 1. The van der Waals surface area contributed by atoms with Gasteiger partial charge in [0.1, 0.15) is 11.6 Å². The summed E-state index contributed by atoms with van der Waals surface area (Å²) >= 11 is 2.50. The smallest absolute Gasteiger partial charge is 0.234 e. The lowest BCUT2D eigenvalue weighted by Gasteiger charge is -2.38. The molecule has 0 saturated carbocycles. The third kappa shape index (κ3) is 5.26. The monoisotopic (exact) mass is 558 g/mol. The number of hydrogen-bond donors (Lipinski definition) is 2. The van der Waals surface area contributed by atoms with Gasteiger partial charge in [-0.05, 0) is 37.5 Å². The molecule has 2 aromatic carbocycles. The number of carbonyl (C=O) groups excluding carboxylic acids is 2. The molecule has 0 spiro atoms. The molecule has 0 saturated heterocycles. The molecule has 198 valence electrons. The van der Waals surface area contributed by atoms with Crippen molar-refractivity contribution in [3.05, 3.63) is 82.3 Å². The first-order chi connectivity index (χ1) is 18.9. The van der Waals surface area contributed by atoms with Gasteiger partial charge in [-0.2, -0.15) is 5.26 Å². The number of carbonyl (C=O) groups is 2. The second kappa shape index (κ2) is 11.3. The normalized spacial score (nSPS) is 17.1. The Morgan fingerprint density at radius 1 is 1.23 bits per heavy atom. The summed E-state index contributed by atoms with van der Waals surface area (Å²) in [6.07, 6.45) is 1.74. The number of nitriles is 1. The SMILES string of the molecule is COc1ccccc1NC(=O)CSc1nnc(N2C(N)=C(C#N)C(c3ccc(C)cc3)C3=C2CCCC3=O)s1. The van der Waals surface area contributed by atoms with Gasteiger partial charge in [-0.15, -0.1) is 10.2 Å². The lowest BCUT2D eigenvalue weighted by molar-refractivity contribution is -0.116. The number of rotatable bonds is 7. The van der Waals surface area contributed by atoms with Crippen molar-refractivity contribution in [3.63, 3.8) is 0 Å². The topological polar surface area (TPSA) is 134 Å². The molecule has 9 nitrogen and oxygen atoms in total. The third-order valence-electron chi connectivity index (χ3n) is 6.62. The highest BCUT2D eigenvalue weighted by Crippen LogP contribution is 2.47. The summed E-state index contributed by atoms with van der Waals surface area (Å²) in [7, 11) is 1.55. The minimum atomic E-state index is -0.518. The molecule has 11 heteroatoms. The van der Waals surface area contributed by atoms with E-state index in [-0.39, 0.29) is 23.3 Å². The second-order valence-electron chi connectivity index (χ2n) is 9.11. The number of aryl methyl sites for hydroxylation is 1. The Labute approximate surface area is 234 Å². The molecule has 1 atom stereocenters. The lowest BCUT2D eigenvalue weighted by atomic mass is 9.75. The van der Waals surface area contributed by atoms with Crippen LogP contribution in [0.25, 0.3) is 0 Å². The molecule has 1 aliphatic carbocycles. The zero-order chi connectivity index (χ0) is 27.5. The minimum Gasteiger partial charge on any atom is -0.495 e. The van der Waals surface area contributed by atoms with Gasteiger partial charge >= 0.3 is 0 Å². The Morgan fingerprint density at radius 3 is 2.74 bits per heavy atom. The molecule has 1 amide bonds. The van der Waals surface area contributed by atoms with Crippen molar-refractivity contribution in [3.8, 4) is 11.8 Å². The maximum Gasteiger partial charge on any atom is 0.234 e. The van der Waals surface area contributed by atoms with Crippen molar-refractivity contribution < 1.29 is 14.3 Å². The van der Waals surface area contributed by atoms with E-state index in [0.717, 1.165) is 16.8 Å². The minimum absolute atomic E-state index is 0.0131. The Kier molecular flexibility index (Phi) is 7.67. The fourth-order valence-electron chi connectivity index (χ4n) is 4.81. The van der Waals surface area contributed by atoms with Crippen LogP contribution in [0.5, 0.6) is 5.75 Å². The highest BCUT2D eigenvalue weighted by atomic mass is 32.2. The average molecular weight is 559 g/mol. The van der Waals surface area contributed by atoms with E-state index >= 15 is 0 Å². The number of benzene rings is 2. The Hall–Kier alpha value is -4.14. The van der Waals surface area contributed by atoms with Gasteiger partial charge in [-0.1, -0.05) is 65.1 Å². The standard InChI is InChI=1S/C28H26N6O3S2/c1-16-10-12-17(13-11-16)24-18(14-29)26(30)34(20-7-5-8-21(35)25(20)24)27-32-33-28(39-27)38-15-23(36)31-19-6-3-4-9-22(19)37-2/h3-4,6,9-13,24H,5,7-8,15,30H2,1-2H3,(H,31,36). The van der Waals surface area contributed by atoms with Gasteiger partial charge < -0.3 is 15.8 Å². The summed E-state index contributed by atoms with van der Waals surface area (Å²) in [4.78, 5) is 27.5. The van der Waals surface area contributed by atoms with E-state index in [0.29, 0.717) is 51.3 Å². The van der Waals surface area contributed by atoms with Gasteiger partial charge in [0, 0.05) is 17.7 Å². The molecule has 3 aromatic rings. The quantitative estimate of drug-likeness (QED) is 0.389. The predicted octanol–water partition coefficient (Wildman–Crippen LogP) is 4.89. The summed E-state index contributed by atoms with van der Waals surface area (Å²) in [6, 6.07) is 17.3. The predicted molar refractivity (Wildman–Crippen MR) is 151 cm³/mol. The van der Waals surface area contributed by atoms with Crippen LogP contribution in [0.3, 0.4) is 0 Å². The summed E-state index contributed by atoms with van der Waals surface area (Å²) in [5.41, 5.74) is 10.8. The van der Waals surface area contributed by atoms with Crippen LogP contribution in [-0.2, 0) is 9.59 Å². The van der Waals surface area contributed by atoms with Crippen LogP contribution >= 0.6 is 23.1 Å². The molecule has 2 aliphatic rings. The number of nitrogens with zero attached hydrogens (tertiary/aromatic N) is 4. The van der Waals surface area contributed by atoms with Crippen LogP contribution in [0.2, 0.25) is 0 Å². The number of hydrogen-bond acceptors (Lipinski definition) is 10. The summed E-state index contributed by atoms with van der Waals surface area (Å²) in [6.45, 7) is 1.99. The van der Waals surface area contributed by atoms with Crippen molar-refractivity contribution in [1.82, 2.24) is 10.2 Å². The molecule has 1 unspecified atom stereocenters. The molecular weight excluding hydrogens is 532 g/mol. The number of thioether (sulfide) groups is 1. The van der Waals surface area contributed by atoms with Gasteiger partial charge in [0.05, 0.1) is 36.1 Å². The van der Waals surface area contributed by atoms with Gasteiger partial charge in [0.2, 0.25) is 11.0 Å². The number of nitrogens with one attached hydrogen (secondary N) is 1. The largest absolute Gasteiger partial charge is 0.495 e. The van der Waals surface area contributed by atoms with Crippen molar-refractivity contribution in [2.75, 3.05) is 23.1 Å². The van der Waals surface area contributed by atoms with Crippen molar-refractivity contribution >= 4 is 45.6 Å². The van der Waals surface area contributed by atoms with E-state index in [2.05, 4.69) is 21.6 Å². The number of anilines is 2. The maximum absolute atomic E-state index is 13.3. The van der Waals surface area contributed by atoms with Crippen LogP contribution < -0.4 is 20.7 Å². The zero-order valence-electron chi connectivity index (χ0n) is 21.4. The Morgan fingerprint density at radius 2 is 2.00 bits per heavy atom. The van der Waals surface area contributed by atoms with Gasteiger partial charge in [-0.25, -0.2) is 0 Å². The fourth-order valence-corrected chi connectivity index (χ4v) is 6.49. The van der Waals surface area contributed by atoms with E-state index in [1.54, 1.807) is 24.1 Å². The molecular formula is C28H26N6O3S2. The van der Waals surface area contributed by atoms with E-state index in [1.807, 2.05) is 43.3 Å². The number of para-hydroxylation sites is 2. The molecule has 0 fully saturated rings. The maximum atomic E-state index is 13.3. The molecule has 2 heterocycles. The number of aromatic nitrogens is 2. The average Bonchev–Trinajstić information content (AvgIpc) is 3.40. The van der Waals surface area contributed by atoms with E-state index in [9.17, 15) is 14.9 Å². The van der Waals surface area contributed by atoms with Crippen LogP contribution in [-0.4, -0.2) is 34.8 Å². The highest BCUT2D eigenvalue weighted by Gasteiger charge is 2.41. The number of Topliss-reactive ketones (excluding diaryl/α,β-unsaturated/α-hetero) is 1. The number of ketones is 1. The molecule has 3 N–H and O–H groups in total. The molecule has 0 radical (unpaired) electrons. The molecule has 1 aromatic heterocycles. The number of ether oxygens (including phenoxy) is 1. The van der Waals surface area contributed by atoms with Crippen LogP contribution in [0.15, 0.2) is 75.5 Å². The fraction of sp³-hybridized carbons (Fsp3) is 0.250. The van der Waals surface area contributed by atoms with Crippen LogP contribution in [0, 0.1) is 18.3 Å². The zero-order valence-corrected chi connectivity index (χ0v) is 23.1. The molecule has 1 aliphatic heterocycles. The number of amides is 1. The van der Waals surface area contributed by atoms with Gasteiger partial charge in [0.25, 0.3) is 0 Å². The molecule has 39 heavy (non-hydrogen) atoms. The number of allylic oxidation sites excluding steroid dienone is 3. The third-order valence-corrected chi connectivity index (χ3v) is 8.66. The molecule has 0 bridgehead atoms. The first kappa shape index (κ1) is 26.5. The van der Waals surface area contributed by atoms with Gasteiger partial charge in [-0.3, -0.25) is 14.5 Å². The summed E-state index contributed by atoms with van der Waals surface area (Å²) in [5.74, 6) is 0.218. The van der Waals surface area contributed by atoms with Crippen molar-refractivity contribution in [2.45, 2.75) is 36.4 Å². The van der Waals surface area contributed by atoms with E-state index in [4.69, 9.17) is 10.5 Å². The Balaban J connectivity index is 1.41. The number of nitrogens with two attached hydrogens (primary N) is 1. The van der Waals surface area contributed by atoms with E-state index in [1.165, 1.54) is 23.1 Å².